The maximum atomic E-state index is 13.2. The monoisotopic (exact) mass is 392 g/mol. The second-order valence-electron chi connectivity index (χ2n) is 5.19. The van der Waals surface area contributed by atoms with Crippen LogP contribution >= 0.6 is 11.3 Å². The summed E-state index contributed by atoms with van der Waals surface area (Å²) in [5.74, 6) is -0.935. The molecule has 0 fully saturated rings. The fourth-order valence-corrected chi connectivity index (χ4v) is 2.93. The van der Waals surface area contributed by atoms with Gasteiger partial charge in [0.15, 0.2) is 23.1 Å². The van der Waals surface area contributed by atoms with Crippen molar-refractivity contribution >= 4 is 28.2 Å². The first-order chi connectivity index (χ1) is 13.0. The van der Waals surface area contributed by atoms with Crippen LogP contribution in [0.25, 0.3) is 10.6 Å². The fraction of sp³-hybridized carbons (Fsp3) is 0.118. The number of anilines is 2. The van der Waals surface area contributed by atoms with Crippen molar-refractivity contribution in [2.45, 2.75) is 0 Å². The number of aromatic nitrogens is 2. The zero-order chi connectivity index (χ0) is 19.4. The first kappa shape index (κ1) is 18.5. The second-order valence-corrected chi connectivity index (χ2v) is 6.17. The van der Waals surface area contributed by atoms with Crippen molar-refractivity contribution in [3.05, 3.63) is 48.0 Å². The number of rotatable bonds is 5. The molecule has 140 valence electrons. The number of nitrogens with one attached hydrogen (secondary N) is 2. The van der Waals surface area contributed by atoms with Crippen LogP contribution in [0.5, 0.6) is 11.5 Å². The van der Waals surface area contributed by atoms with Crippen LogP contribution < -0.4 is 20.1 Å². The molecule has 7 nitrogen and oxygen atoms in total. The van der Waals surface area contributed by atoms with Crippen LogP contribution in [-0.2, 0) is 0 Å². The number of benzene rings is 2. The normalized spacial score (nSPS) is 10.4. The fourth-order valence-electron chi connectivity index (χ4n) is 2.19. The number of ether oxygens (including phenoxy) is 2. The summed E-state index contributed by atoms with van der Waals surface area (Å²) >= 11 is 1.14. The molecule has 2 amide bonds. The van der Waals surface area contributed by atoms with Crippen LogP contribution in [0.3, 0.4) is 0 Å². The molecule has 0 spiro atoms. The lowest BCUT2D eigenvalue weighted by molar-refractivity contribution is 0.262. The van der Waals surface area contributed by atoms with Gasteiger partial charge in [-0.1, -0.05) is 11.3 Å². The summed E-state index contributed by atoms with van der Waals surface area (Å²) in [6.07, 6.45) is 0. The lowest BCUT2D eigenvalue weighted by Crippen LogP contribution is -2.19. The summed E-state index contributed by atoms with van der Waals surface area (Å²) in [4.78, 5) is 12.0. The number of hydrogen-bond donors (Lipinski definition) is 2. The predicted molar refractivity (Wildman–Crippen MR) is 97.4 cm³/mol. The lowest BCUT2D eigenvalue weighted by atomic mass is 10.2. The maximum absolute atomic E-state index is 13.2. The van der Waals surface area contributed by atoms with Crippen LogP contribution in [0.4, 0.5) is 24.4 Å². The minimum absolute atomic E-state index is 0.107. The molecule has 3 aromatic rings. The minimum Gasteiger partial charge on any atom is -0.493 e. The second kappa shape index (κ2) is 7.96. The van der Waals surface area contributed by atoms with E-state index in [9.17, 15) is 13.6 Å². The smallest absolute Gasteiger partial charge is 0.325 e. The average molecular weight is 392 g/mol. The maximum Gasteiger partial charge on any atom is 0.325 e. The van der Waals surface area contributed by atoms with Gasteiger partial charge in [0.25, 0.3) is 0 Å². The molecule has 0 radical (unpaired) electrons. The lowest BCUT2D eigenvalue weighted by Gasteiger charge is -2.07. The Labute approximate surface area is 157 Å². The molecule has 0 aliphatic heterocycles. The van der Waals surface area contributed by atoms with Gasteiger partial charge in [-0.25, -0.2) is 13.6 Å². The summed E-state index contributed by atoms with van der Waals surface area (Å²) in [5.41, 5.74) is 0.843. The van der Waals surface area contributed by atoms with Crippen LogP contribution in [-0.4, -0.2) is 30.4 Å². The van der Waals surface area contributed by atoms with E-state index < -0.39 is 17.7 Å². The van der Waals surface area contributed by atoms with Crippen LogP contribution in [0.15, 0.2) is 36.4 Å². The molecule has 0 saturated carbocycles. The highest BCUT2D eigenvalue weighted by Crippen LogP contribution is 2.34. The SMILES string of the molecule is COc1ccc(-c2nnc(NC(=O)Nc3ccc(F)c(F)c3)s2)cc1OC. The van der Waals surface area contributed by atoms with Gasteiger partial charge in [0.2, 0.25) is 5.13 Å². The van der Waals surface area contributed by atoms with E-state index in [1.807, 2.05) is 0 Å². The van der Waals surface area contributed by atoms with Crippen molar-refractivity contribution in [1.29, 1.82) is 0 Å². The Morgan fingerprint density at radius 1 is 0.963 bits per heavy atom. The summed E-state index contributed by atoms with van der Waals surface area (Å²) < 4.78 is 36.5. The molecular weight excluding hydrogens is 378 g/mol. The standard InChI is InChI=1S/C17H14F2N4O3S/c1-25-13-6-3-9(7-14(13)26-2)15-22-23-17(27-15)21-16(24)20-10-4-5-11(18)12(19)8-10/h3-8H,1-2H3,(H2,20,21,23,24). The van der Waals surface area contributed by atoms with E-state index in [1.54, 1.807) is 18.2 Å². The van der Waals surface area contributed by atoms with Gasteiger partial charge in [-0.3, -0.25) is 5.32 Å². The van der Waals surface area contributed by atoms with E-state index in [1.165, 1.54) is 20.3 Å². The Hall–Kier alpha value is -3.27. The van der Waals surface area contributed by atoms with Crippen molar-refractivity contribution in [2.75, 3.05) is 24.9 Å². The molecule has 0 saturated heterocycles. The highest BCUT2D eigenvalue weighted by Gasteiger charge is 2.13. The van der Waals surface area contributed by atoms with E-state index in [2.05, 4.69) is 20.8 Å². The zero-order valence-electron chi connectivity index (χ0n) is 14.2. The van der Waals surface area contributed by atoms with Gasteiger partial charge < -0.3 is 14.8 Å². The number of urea groups is 1. The Bertz CT molecular complexity index is 981. The number of hydrogen-bond acceptors (Lipinski definition) is 6. The third-order valence-corrected chi connectivity index (χ3v) is 4.34. The van der Waals surface area contributed by atoms with Gasteiger partial charge in [0, 0.05) is 17.3 Å². The largest absolute Gasteiger partial charge is 0.493 e. The van der Waals surface area contributed by atoms with E-state index >= 15 is 0 Å². The molecule has 1 aromatic heterocycles. The highest BCUT2D eigenvalue weighted by atomic mass is 32.1. The van der Waals surface area contributed by atoms with Crippen LogP contribution in [0.1, 0.15) is 0 Å². The summed E-state index contributed by atoms with van der Waals surface area (Å²) in [7, 11) is 3.06. The average Bonchev–Trinajstić information content (AvgIpc) is 3.12. The molecule has 0 atom stereocenters. The molecule has 0 unspecified atom stereocenters. The molecule has 1 heterocycles. The predicted octanol–water partition coefficient (Wildman–Crippen LogP) is 4.14. The number of halogens is 2. The third-order valence-electron chi connectivity index (χ3n) is 3.45. The van der Waals surface area contributed by atoms with Gasteiger partial charge in [0.05, 0.1) is 14.2 Å². The summed E-state index contributed by atoms with van der Waals surface area (Å²) in [5, 5.41) is 13.6. The zero-order valence-corrected chi connectivity index (χ0v) is 15.1. The Morgan fingerprint density at radius 2 is 1.74 bits per heavy atom. The molecule has 0 bridgehead atoms. The van der Waals surface area contributed by atoms with Crippen molar-refractivity contribution < 1.29 is 23.0 Å². The molecule has 0 aliphatic rings. The molecular formula is C17H14F2N4O3S. The quantitative estimate of drug-likeness (QED) is 0.682. The number of methoxy groups -OCH3 is 2. The van der Waals surface area contributed by atoms with Gasteiger partial charge in [0.1, 0.15) is 5.01 Å². The summed E-state index contributed by atoms with van der Waals surface area (Å²) in [6.45, 7) is 0. The first-order valence-corrected chi connectivity index (χ1v) is 8.40. The Morgan fingerprint density at radius 3 is 2.44 bits per heavy atom. The van der Waals surface area contributed by atoms with E-state index in [0.29, 0.717) is 16.5 Å². The van der Waals surface area contributed by atoms with Gasteiger partial charge >= 0.3 is 6.03 Å². The van der Waals surface area contributed by atoms with Gasteiger partial charge in [-0.05, 0) is 30.3 Å². The number of carbonyl (C=O) groups is 1. The van der Waals surface area contributed by atoms with Crippen LogP contribution in [0.2, 0.25) is 0 Å². The number of nitrogens with zero attached hydrogens (tertiary/aromatic N) is 2. The molecule has 27 heavy (non-hydrogen) atoms. The Kier molecular flexibility index (Phi) is 5.46. The highest BCUT2D eigenvalue weighted by molar-refractivity contribution is 7.18. The van der Waals surface area contributed by atoms with Gasteiger partial charge in [-0.15, -0.1) is 10.2 Å². The van der Waals surface area contributed by atoms with E-state index in [4.69, 9.17) is 9.47 Å². The minimum atomic E-state index is -1.06. The molecule has 2 aromatic carbocycles. The topological polar surface area (TPSA) is 85.4 Å². The molecule has 2 N–H and O–H groups in total. The molecule has 3 rings (SSSR count). The molecule has 0 aliphatic carbocycles. The van der Waals surface area contributed by atoms with Crippen molar-refractivity contribution in [1.82, 2.24) is 10.2 Å². The van der Waals surface area contributed by atoms with Crippen molar-refractivity contribution in [2.24, 2.45) is 0 Å². The van der Waals surface area contributed by atoms with Crippen molar-refractivity contribution in [3.8, 4) is 22.1 Å². The number of amides is 2. The number of carbonyl (C=O) groups excluding carboxylic acids is 1. The first-order valence-electron chi connectivity index (χ1n) is 7.59. The summed E-state index contributed by atoms with van der Waals surface area (Å²) in [6, 6.07) is 7.65. The van der Waals surface area contributed by atoms with Gasteiger partial charge in [-0.2, -0.15) is 0 Å². The van der Waals surface area contributed by atoms with E-state index in [-0.39, 0.29) is 10.8 Å². The Balaban J connectivity index is 1.70. The molecule has 10 heteroatoms. The van der Waals surface area contributed by atoms with Crippen molar-refractivity contribution in [3.63, 3.8) is 0 Å². The van der Waals surface area contributed by atoms with Crippen LogP contribution in [0, 0.1) is 11.6 Å². The van der Waals surface area contributed by atoms with E-state index in [0.717, 1.165) is 29.0 Å². The third kappa shape index (κ3) is 4.29.